The van der Waals surface area contributed by atoms with Gasteiger partial charge in [0.15, 0.2) is 5.82 Å². The van der Waals surface area contributed by atoms with Gasteiger partial charge in [0.1, 0.15) is 10.8 Å². The average Bonchev–Trinajstić information content (AvgIpc) is 2.61. The van der Waals surface area contributed by atoms with Crippen molar-refractivity contribution < 1.29 is 4.52 Å². The first-order valence-corrected chi connectivity index (χ1v) is 5.39. The summed E-state index contributed by atoms with van der Waals surface area (Å²) in [5.74, 6) is 1.45. The largest absolute Gasteiger partial charge is 0.368 e. The van der Waals surface area contributed by atoms with Gasteiger partial charge in [0.05, 0.1) is 11.9 Å². The minimum absolute atomic E-state index is 0.177. The number of anilines is 2. The summed E-state index contributed by atoms with van der Waals surface area (Å²) in [6.45, 7) is 4.26. The van der Waals surface area contributed by atoms with E-state index in [1.807, 2.05) is 13.8 Å². The number of hydrogen-bond acceptors (Lipinski definition) is 6. The molecule has 2 heterocycles. The van der Waals surface area contributed by atoms with E-state index in [1.165, 1.54) is 6.20 Å². The molecule has 0 saturated carbocycles. The van der Waals surface area contributed by atoms with Crippen LogP contribution in [0.4, 0.5) is 11.8 Å². The zero-order chi connectivity index (χ0) is 12.4. The van der Waals surface area contributed by atoms with E-state index in [4.69, 9.17) is 21.9 Å². The van der Waals surface area contributed by atoms with Crippen molar-refractivity contribution in [1.82, 2.24) is 15.1 Å². The maximum absolute atomic E-state index is 5.93. The van der Waals surface area contributed by atoms with Crippen molar-refractivity contribution in [3.63, 3.8) is 0 Å². The number of nitrogen functional groups attached to an aromatic ring is 1. The van der Waals surface area contributed by atoms with Crippen LogP contribution in [0.15, 0.2) is 10.7 Å². The second-order valence-corrected chi connectivity index (χ2v) is 3.99. The lowest BCUT2D eigenvalue weighted by Crippen LogP contribution is -2.06. The van der Waals surface area contributed by atoms with E-state index < -0.39 is 0 Å². The lowest BCUT2D eigenvalue weighted by molar-refractivity contribution is 0.392. The maximum atomic E-state index is 5.93. The molecule has 0 aliphatic rings. The topological polar surface area (TPSA) is 89.9 Å². The van der Waals surface area contributed by atoms with Crippen molar-refractivity contribution in [1.29, 1.82) is 0 Å². The molecule has 0 aromatic carbocycles. The molecule has 2 aromatic rings. The van der Waals surface area contributed by atoms with E-state index in [1.54, 1.807) is 0 Å². The molecule has 6 nitrogen and oxygen atoms in total. The third-order valence-electron chi connectivity index (χ3n) is 2.38. The van der Waals surface area contributed by atoms with Gasteiger partial charge in [-0.25, -0.2) is 4.98 Å². The Bertz CT molecular complexity index is 520. The smallest absolute Gasteiger partial charge is 0.222 e. The van der Waals surface area contributed by atoms with E-state index >= 15 is 0 Å². The quantitative estimate of drug-likeness (QED) is 0.869. The standard InChI is InChI=1S/C10H12ClN5O/c1-5-7(6(2)17-16-5)3-13-9-8(11)4-14-10(12)15-9/h4H,3H2,1-2H3,(H3,12,13,14,15). The maximum Gasteiger partial charge on any atom is 0.222 e. The molecule has 2 rings (SSSR count). The summed E-state index contributed by atoms with van der Waals surface area (Å²) in [6.07, 6.45) is 1.46. The van der Waals surface area contributed by atoms with Crippen molar-refractivity contribution in [2.24, 2.45) is 0 Å². The van der Waals surface area contributed by atoms with Gasteiger partial charge in [-0.3, -0.25) is 0 Å². The van der Waals surface area contributed by atoms with Crippen molar-refractivity contribution in [3.05, 3.63) is 28.2 Å². The van der Waals surface area contributed by atoms with Gasteiger partial charge in [-0.1, -0.05) is 16.8 Å². The molecule has 7 heteroatoms. The first-order valence-electron chi connectivity index (χ1n) is 5.01. The first-order chi connectivity index (χ1) is 8.08. The van der Waals surface area contributed by atoms with E-state index in [0.29, 0.717) is 17.4 Å². The number of rotatable bonds is 3. The van der Waals surface area contributed by atoms with E-state index in [0.717, 1.165) is 17.0 Å². The summed E-state index contributed by atoms with van der Waals surface area (Å²) in [4.78, 5) is 7.79. The van der Waals surface area contributed by atoms with Crippen molar-refractivity contribution in [2.45, 2.75) is 20.4 Å². The zero-order valence-corrected chi connectivity index (χ0v) is 10.2. The van der Waals surface area contributed by atoms with Gasteiger partial charge >= 0.3 is 0 Å². The van der Waals surface area contributed by atoms with Gasteiger partial charge < -0.3 is 15.6 Å². The number of nitrogens with two attached hydrogens (primary N) is 1. The predicted molar refractivity (Wildman–Crippen MR) is 64.8 cm³/mol. The summed E-state index contributed by atoms with van der Waals surface area (Å²) in [7, 11) is 0. The van der Waals surface area contributed by atoms with Gasteiger partial charge in [0, 0.05) is 12.1 Å². The minimum atomic E-state index is 0.177. The lowest BCUT2D eigenvalue weighted by Gasteiger charge is -2.06. The lowest BCUT2D eigenvalue weighted by atomic mass is 10.2. The molecule has 90 valence electrons. The fourth-order valence-electron chi connectivity index (χ4n) is 1.43. The van der Waals surface area contributed by atoms with Crippen LogP contribution in [0.1, 0.15) is 17.0 Å². The van der Waals surface area contributed by atoms with Gasteiger partial charge in [-0.05, 0) is 13.8 Å². The Morgan fingerprint density at radius 2 is 2.24 bits per heavy atom. The summed E-state index contributed by atoms with van der Waals surface area (Å²) < 4.78 is 5.06. The highest BCUT2D eigenvalue weighted by Gasteiger charge is 2.10. The molecule has 2 aromatic heterocycles. The number of halogens is 1. The highest BCUT2D eigenvalue weighted by atomic mass is 35.5. The second-order valence-electron chi connectivity index (χ2n) is 3.58. The van der Waals surface area contributed by atoms with Gasteiger partial charge in [-0.2, -0.15) is 4.98 Å². The molecule has 0 bridgehead atoms. The molecule has 3 N–H and O–H groups in total. The summed E-state index contributed by atoms with van der Waals surface area (Å²) in [5.41, 5.74) is 7.31. The van der Waals surface area contributed by atoms with Crippen LogP contribution in [0.5, 0.6) is 0 Å². The van der Waals surface area contributed by atoms with Crippen LogP contribution in [-0.4, -0.2) is 15.1 Å². The second kappa shape index (κ2) is 4.58. The fraction of sp³-hybridized carbons (Fsp3) is 0.300. The van der Waals surface area contributed by atoms with Crippen LogP contribution in [0.25, 0.3) is 0 Å². The number of hydrogen-bond donors (Lipinski definition) is 2. The Morgan fingerprint density at radius 1 is 1.47 bits per heavy atom. The molecule has 0 aliphatic carbocycles. The molecule has 0 atom stereocenters. The Balaban J connectivity index is 2.15. The number of aromatic nitrogens is 3. The summed E-state index contributed by atoms with van der Waals surface area (Å²) >= 11 is 5.93. The van der Waals surface area contributed by atoms with Gasteiger partial charge in [0.25, 0.3) is 0 Å². The van der Waals surface area contributed by atoms with Crippen LogP contribution in [0.2, 0.25) is 5.02 Å². The molecule has 0 amide bonds. The van der Waals surface area contributed by atoms with Crippen LogP contribution >= 0.6 is 11.6 Å². The Hall–Kier alpha value is -1.82. The van der Waals surface area contributed by atoms with Crippen molar-refractivity contribution in [3.8, 4) is 0 Å². The molecule has 17 heavy (non-hydrogen) atoms. The molecule has 0 saturated heterocycles. The number of nitrogens with zero attached hydrogens (tertiary/aromatic N) is 3. The van der Waals surface area contributed by atoms with Gasteiger partial charge in [-0.15, -0.1) is 0 Å². The molecule has 0 radical (unpaired) electrons. The van der Waals surface area contributed by atoms with Crippen LogP contribution < -0.4 is 11.1 Å². The zero-order valence-electron chi connectivity index (χ0n) is 9.49. The number of aryl methyl sites for hydroxylation is 2. The SMILES string of the molecule is Cc1noc(C)c1CNc1nc(N)ncc1Cl. The Labute approximate surface area is 103 Å². The monoisotopic (exact) mass is 253 g/mol. The molecular weight excluding hydrogens is 242 g/mol. The van der Waals surface area contributed by atoms with Crippen molar-refractivity contribution >= 4 is 23.4 Å². The third kappa shape index (κ3) is 2.47. The molecule has 0 aliphatic heterocycles. The molecular formula is C10H12ClN5O. The molecule has 0 unspecified atom stereocenters. The highest BCUT2D eigenvalue weighted by Crippen LogP contribution is 2.20. The average molecular weight is 254 g/mol. The van der Waals surface area contributed by atoms with E-state index in [-0.39, 0.29) is 5.95 Å². The van der Waals surface area contributed by atoms with Crippen LogP contribution in [0, 0.1) is 13.8 Å². The van der Waals surface area contributed by atoms with Crippen LogP contribution in [0.3, 0.4) is 0 Å². The van der Waals surface area contributed by atoms with Gasteiger partial charge in [0.2, 0.25) is 5.95 Å². The fourth-order valence-corrected chi connectivity index (χ4v) is 1.59. The van der Waals surface area contributed by atoms with Crippen LogP contribution in [-0.2, 0) is 6.54 Å². The van der Waals surface area contributed by atoms with E-state index in [2.05, 4.69) is 20.4 Å². The number of nitrogens with one attached hydrogen (secondary N) is 1. The minimum Gasteiger partial charge on any atom is -0.368 e. The highest BCUT2D eigenvalue weighted by molar-refractivity contribution is 6.32. The first kappa shape index (κ1) is 11.7. The summed E-state index contributed by atoms with van der Waals surface area (Å²) in [6, 6.07) is 0. The molecule has 0 spiro atoms. The summed E-state index contributed by atoms with van der Waals surface area (Å²) in [5, 5.41) is 7.36. The molecule has 0 fully saturated rings. The third-order valence-corrected chi connectivity index (χ3v) is 2.65. The predicted octanol–water partition coefficient (Wildman–Crippen LogP) is 1.93. The Kier molecular flexibility index (Phi) is 3.14. The van der Waals surface area contributed by atoms with Crippen molar-refractivity contribution in [2.75, 3.05) is 11.1 Å². The normalized spacial score (nSPS) is 10.5. The van der Waals surface area contributed by atoms with E-state index in [9.17, 15) is 0 Å². The Morgan fingerprint density at radius 3 is 2.88 bits per heavy atom.